The molecule has 2 rings (SSSR count). The molecule has 0 aliphatic carbocycles. The van der Waals surface area contributed by atoms with Crippen LogP contribution in [0.5, 0.6) is 0 Å². The number of nitrogens with one attached hydrogen (secondary N) is 1. The Labute approximate surface area is 269 Å². The summed E-state index contributed by atoms with van der Waals surface area (Å²) in [6.45, 7) is 16.6. The molecule has 2 heterocycles. The van der Waals surface area contributed by atoms with E-state index in [-0.39, 0.29) is 27.9 Å². The molecule has 2 aromatic heterocycles. The van der Waals surface area contributed by atoms with Crippen LogP contribution in [0.2, 0.25) is 0 Å². The van der Waals surface area contributed by atoms with E-state index in [2.05, 4.69) is 80.5 Å². The number of H-pyrrole nitrogens is 1. The topological polar surface area (TPSA) is 107 Å². The second kappa shape index (κ2) is 21.0. The van der Waals surface area contributed by atoms with Gasteiger partial charge in [0.2, 0.25) is 5.56 Å². The van der Waals surface area contributed by atoms with Gasteiger partial charge in [-0.05, 0) is 108 Å². The highest BCUT2D eigenvalue weighted by Crippen LogP contribution is 2.21. The van der Waals surface area contributed by atoms with E-state index in [4.69, 9.17) is 9.47 Å². The van der Waals surface area contributed by atoms with Crippen molar-refractivity contribution in [1.29, 1.82) is 0 Å². The number of aromatic amines is 1. The van der Waals surface area contributed by atoms with Crippen molar-refractivity contribution in [2.75, 3.05) is 13.2 Å². The van der Waals surface area contributed by atoms with Crippen molar-refractivity contribution in [2.45, 2.75) is 91.9 Å². The van der Waals surface area contributed by atoms with Gasteiger partial charge in [-0.25, -0.2) is 4.79 Å². The van der Waals surface area contributed by atoms with Crippen LogP contribution in [0.3, 0.4) is 0 Å². The highest BCUT2D eigenvalue weighted by Gasteiger charge is 2.23. The van der Waals surface area contributed by atoms with Crippen LogP contribution in [-0.4, -0.2) is 39.5 Å². The van der Waals surface area contributed by atoms with E-state index in [9.17, 15) is 19.2 Å². The summed E-state index contributed by atoms with van der Waals surface area (Å²) in [6, 6.07) is 2.53. The number of pyridine rings is 2. The first-order chi connectivity index (χ1) is 19.1. The van der Waals surface area contributed by atoms with Crippen molar-refractivity contribution < 1.29 is 19.1 Å². The maximum atomic E-state index is 12.1. The second-order valence-electron chi connectivity index (χ2n) is 10.3. The summed E-state index contributed by atoms with van der Waals surface area (Å²) in [7, 11) is 0. The monoisotopic (exact) mass is 766 g/mol. The van der Waals surface area contributed by atoms with Crippen LogP contribution >= 0.6 is 47.8 Å². The molecule has 2 aromatic rings. The number of esters is 2. The van der Waals surface area contributed by atoms with Crippen molar-refractivity contribution in [2.24, 2.45) is 11.8 Å². The predicted molar refractivity (Wildman–Crippen MR) is 176 cm³/mol. The van der Waals surface area contributed by atoms with Gasteiger partial charge in [0.1, 0.15) is 10.9 Å². The van der Waals surface area contributed by atoms with E-state index in [1.54, 1.807) is 25.4 Å². The van der Waals surface area contributed by atoms with Crippen LogP contribution in [0.1, 0.15) is 84.4 Å². The molecule has 0 amide bonds. The minimum absolute atomic E-state index is 0.0595. The van der Waals surface area contributed by atoms with Crippen LogP contribution in [0, 0.1) is 25.7 Å². The molecule has 8 nitrogen and oxygen atoms in total. The fraction of sp³-hybridized carbons (Fsp3) is 0.600. The third-order valence-corrected chi connectivity index (χ3v) is 8.26. The molecule has 0 spiro atoms. The van der Waals surface area contributed by atoms with Crippen molar-refractivity contribution in [3.63, 3.8) is 0 Å². The molecule has 232 valence electrons. The van der Waals surface area contributed by atoms with Crippen molar-refractivity contribution >= 4 is 59.7 Å². The van der Waals surface area contributed by atoms with E-state index < -0.39 is 6.04 Å². The molecule has 1 N–H and O–H groups in total. The lowest BCUT2D eigenvalue weighted by Gasteiger charge is -2.20. The number of hydrogen-bond acceptors (Lipinski definition) is 6. The lowest BCUT2D eigenvalue weighted by Crippen LogP contribution is -2.31. The minimum atomic E-state index is -0.554. The largest absolute Gasteiger partial charge is 0.465 e. The summed E-state index contributed by atoms with van der Waals surface area (Å²) in [6.07, 6.45) is 6.69. The number of aryl methyl sites for hydroxylation is 2. The molecule has 0 fully saturated rings. The van der Waals surface area contributed by atoms with Gasteiger partial charge in [-0.3, -0.25) is 14.4 Å². The average Bonchev–Trinajstić information content (AvgIpc) is 2.89. The molecule has 0 saturated carbocycles. The summed E-state index contributed by atoms with van der Waals surface area (Å²) >= 11 is 9.96. The molecule has 0 aliphatic heterocycles. The van der Waals surface area contributed by atoms with E-state index in [0.29, 0.717) is 31.5 Å². The Morgan fingerprint density at radius 3 is 1.83 bits per heavy atom. The third-order valence-electron chi connectivity index (χ3n) is 5.74. The Kier molecular flexibility index (Phi) is 20.2. The Morgan fingerprint density at radius 1 is 0.829 bits per heavy atom. The van der Waals surface area contributed by atoms with Crippen LogP contribution in [0.15, 0.2) is 43.1 Å². The van der Waals surface area contributed by atoms with Crippen LogP contribution < -0.4 is 11.1 Å². The standard InChI is InChI=1S/C15H22BrNO3.C9H17BrO2.C6H6BrNO/c1-5-20-15(19)13(7-6-10(2)3)17-9-12(16)11(4)8-14(17)18;1-4-12-9(11)8(10)6-5-7(2)3;1-4-2-6(9)8-3-5(4)7/h8-10,13H,5-7H2,1-4H3;7-8H,4-6H2,1-3H3;2-3H,1H3,(H,8,9). The van der Waals surface area contributed by atoms with E-state index in [1.807, 2.05) is 20.8 Å². The lowest BCUT2D eigenvalue weighted by atomic mass is 10.0. The first-order valence-corrected chi connectivity index (χ1v) is 16.3. The van der Waals surface area contributed by atoms with Crippen molar-refractivity contribution in [1.82, 2.24) is 9.55 Å². The first kappa shape index (κ1) is 39.3. The van der Waals surface area contributed by atoms with E-state index >= 15 is 0 Å². The Balaban J connectivity index is 0.000000645. The maximum absolute atomic E-state index is 12.1. The number of hydrogen-bond donors (Lipinski definition) is 1. The van der Waals surface area contributed by atoms with Crippen molar-refractivity contribution in [3.8, 4) is 0 Å². The van der Waals surface area contributed by atoms with Gasteiger partial charge in [-0.1, -0.05) is 43.6 Å². The second-order valence-corrected chi connectivity index (χ2v) is 13.1. The van der Waals surface area contributed by atoms with Crippen LogP contribution in [0.4, 0.5) is 0 Å². The highest BCUT2D eigenvalue weighted by molar-refractivity contribution is 9.11. The van der Waals surface area contributed by atoms with E-state index in [1.165, 1.54) is 10.6 Å². The lowest BCUT2D eigenvalue weighted by molar-refractivity contribution is -0.147. The third kappa shape index (κ3) is 16.5. The minimum Gasteiger partial charge on any atom is -0.465 e. The number of alkyl halides is 1. The van der Waals surface area contributed by atoms with Gasteiger partial charge in [0.25, 0.3) is 5.56 Å². The van der Waals surface area contributed by atoms with Gasteiger partial charge in [-0.2, -0.15) is 0 Å². The first-order valence-electron chi connectivity index (χ1n) is 13.8. The number of ether oxygens (including phenoxy) is 2. The maximum Gasteiger partial charge on any atom is 0.329 e. The van der Waals surface area contributed by atoms with E-state index in [0.717, 1.165) is 39.3 Å². The Morgan fingerprint density at radius 2 is 1.34 bits per heavy atom. The molecule has 0 bridgehead atoms. The predicted octanol–water partition coefficient (Wildman–Crippen LogP) is 7.65. The molecule has 11 heteroatoms. The molecular weight excluding hydrogens is 724 g/mol. The summed E-state index contributed by atoms with van der Waals surface area (Å²) < 4.78 is 13.2. The molecule has 2 unspecified atom stereocenters. The summed E-state index contributed by atoms with van der Waals surface area (Å²) in [4.78, 5) is 48.3. The van der Waals surface area contributed by atoms with Crippen LogP contribution in [0.25, 0.3) is 0 Å². The quantitative estimate of drug-likeness (QED) is 0.186. The fourth-order valence-corrected chi connectivity index (χ4v) is 4.31. The normalized spacial score (nSPS) is 12.0. The number of rotatable bonds is 11. The average molecular weight is 769 g/mol. The Bertz CT molecular complexity index is 1190. The van der Waals surface area contributed by atoms with Gasteiger partial charge in [0.15, 0.2) is 0 Å². The SMILES string of the molecule is CCOC(=O)C(Br)CCC(C)C.CCOC(=O)C(CCC(C)C)n1cc(Br)c(C)cc1=O.Cc1cc(=O)[nH]cc1Br. The molecule has 2 atom stereocenters. The van der Waals surface area contributed by atoms with Gasteiger partial charge in [0.05, 0.1) is 13.2 Å². The van der Waals surface area contributed by atoms with Gasteiger partial charge >= 0.3 is 11.9 Å². The molecule has 41 heavy (non-hydrogen) atoms. The number of halogens is 3. The summed E-state index contributed by atoms with van der Waals surface area (Å²) in [5.41, 5.74) is 1.58. The van der Waals surface area contributed by atoms with Gasteiger partial charge < -0.3 is 19.0 Å². The highest BCUT2D eigenvalue weighted by atomic mass is 79.9. The molecule has 0 aliphatic rings. The molecular formula is C30H45Br3N2O6. The molecule has 0 radical (unpaired) electrons. The zero-order valence-corrected chi connectivity index (χ0v) is 30.2. The number of carbonyl (C=O) groups excluding carboxylic acids is 2. The van der Waals surface area contributed by atoms with Crippen LogP contribution in [-0.2, 0) is 19.1 Å². The number of nitrogens with zero attached hydrogens (tertiary/aromatic N) is 1. The van der Waals surface area contributed by atoms with Gasteiger partial charge in [-0.15, -0.1) is 0 Å². The smallest absolute Gasteiger partial charge is 0.329 e. The summed E-state index contributed by atoms with van der Waals surface area (Å²) in [5.74, 6) is 0.625. The Hall–Kier alpha value is -1.72. The van der Waals surface area contributed by atoms with Gasteiger partial charge in [0, 0.05) is 33.5 Å². The zero-order chi connectivity index (χ0) is 31.7. The summed E-state index contributed by atoms with van der Waals surface area (Å²) in [5, 5.41) is 0. The molecule has 0 aromatic carbocycles. The number of carbonyl (C=O) groups is 2. The number of aromatic nitrogens is 2. The van der Waals surface area contributed by atoms with Crippen molar-refractivity contribution in [3.05, 3.63) is 65.3 Å². The molecule has 0 saturated heterocycles. The zero-order valence-electron chi connectivity index (χ0n) is 25.4. The fourth-order valence-electron chi connectivity index (χ4n) is 3.35.